The molecule has 0 aromatic heterocycles. The number of benzene rings is 5. The second-order valence-electron chi connectivity index (χ2n) is 11.1. The molecule has 0 heterocycles. The molecule has 0 amide bonds. The van der Waals surface area contributed by atoms with Gasteiger partial charge in [0, 0.05) is 33.7 Å². The minimum absolute atomic E-state index is 0.00947. The number of hydrogen-bond acceptors (Lipinski definition) is 6. The summed E-state index contributed by atoms with van der Waals surface area (Å²) in [5, 5.41) is 29.1. The largest absolute Gasteiger partial charge is 0.507 e. The maximum atomic E-state index is 12.6. The number of nitrogens with zero attached hydrogens (tertiary/aromatic N) is 2. The molecule has 1 fully saturated rings. The number of phenolic OH excluding ortho intramolecular Hbond substituents is 2. The Bertz CT molecular complexity index is 1770. The first-order valence-corrected chi connectivity index (χ1v) is 14.7. The monoisotopic (exact) mass is 568 g/mol. The SMILES string of the molecule is O=Nc1ccccc1-c1cccc(C(c2ccc(C3CCCCC3)cc2)c2cccc(-c3ccccc3O)c2N=O)c1O. The van der Waals surface area contributed by atoms with Gasteiger partial charge in [0.05, 0.1) is 0 Å². The first kappa shape index (κ1) is 28.0. The fraction of sp³-hybridized carbons (Fsp3) is 0.189. The van der Waals surface area contributed by atoms with E-state index in [4.69, 9.17) is 0 Å². The lowest BCUT2D eigenvalue weighted by Crippen LogP contribution is -2.07. The molecule has 6 heteroatoms. The van der Waals surface area contributed by atoms with Gasteiger partial charge in [-0.15, -0.1) is 9.81 Å². The highest BCUT2D eigenvalue weighted by molar-refractivity contribution is 5.84. The van der Waals surface area contributed by atoms with Crippen LogP contribution in [0.15, 0.2) is 120 Å². The number of para-hydroxylation sites is 2. The smallest absolute Gasteiger partial charge is 0.127 e. The molecule has 43 heavy (non-hydrogen) atoms. The lowest BCUT2D eigenvalue weighted by Gasteiger charge is -2.25. The van der Waals surface area contributed by atoms with E-state index in [1.165, 1.54) is 37.7 Å². The molecule has 6 rings (SSSR count). The van der Waals surface area contributed by atoms with Gasteiger partial charge in [0.1, 0.15) is 22.9 Å². The van der Waals surface area contributed by atoms with Gasteiger partial charge in [-0.25, -0.2) is 0 Å². The summed E-state index contributed by atoms with van der Waals surface area (Å²) in [5.41, 5.74) is 5.71. The number of rotatable bonds is 8. The van der Waals surface area contributed by atoms with Crippen LogP contribution in [0.25, 0.3) is 22.3 Å². The van der Waals surface area contributed by atoms with E-state index in [1.54, 1.807) is 60.7 Å². The molecule has 5 aromatic carbocycles. The second kappa shape index (κ2) is 12.4. The highest BCUT2D eigenvalue weighted by atomic mass is 16.3. The fourth-order valence-electron chi connectivity index (χ4n) is 6.53. The van der Waals surface area contributed by atoms with Crippen molar-refractivity contribution in [2.24, 2.45) is 10.4 Å². The number of aromatic hydroxyl groups is 2. The van der Waals surface area contributed by atoms with Crippen LogP contribution in [0.3, 0.4) is 0 Å². The van der Waals surface area contributed by atoms with Gasteiger partial charge in [-0.1, -0.05) is 116 Å². The van der Waals surface area contributed by atoms with E-state index in [2.05, 4.69) is 34.6 Å². The Morgan fingerprint density at radius 2 is 1.21 bits per heavy atom. The summed E-state index contributed by atoms with van der Waals surface area (Å²) in [5.74, 6) is -0.0114. The van der Waals surface area contributed by atoms with Gasteiger partial charge in [0.2, 0.25) is 0 Å². The van der Waals surface area contributed by atoms with Gasteiger partial charge in [0.15, 0.2) is 0 Å². The summed E-state index contributed by atoms with van der Waals surface area (Å²) >= 11 is 0. The molecule has 2 N–H and O–H groups in total. The minimum Gasteiger partial charge on any atom is -0.507 e. The minimum atomic E-state index is -0.574. The predicted octanol–water partition coefficient (Wildman–Crippen LogP) is 10.5. The van der Waals surface area contributed by atoms with Crippen molar-refractivity contribution < 1.29 is 10.2 Å². The molecule has 0 spiro atoms. The van der Waals surface area contributed by atoms with Crippen LogP contribution in [0.2, 0.25) is 0 Å². The van der Waals surface area contributed by atoms with Crippen LogP contribution in [-0.4, -0.2) is 10.2 Å². The molecular formula is C37H32N2O4. The van der Waals surface area contributed by atoms with Crippen molar-refractivity contribution in [1.29, 1.82) is 0 Å². The van der Waals surface area contributed by atoms with E-state index in [0.29, 0.717) is 39.3 Å². The van der Waals surface area contributed by atoms with Crippen LogP contribution in [0, 0.1) is 9.81 Å². The normalized spacial score (nSPS) is 14.2. The average Bonchev–Trinajstić information content (AvgIpc) is 3.06. The Morgan fingerprint density at radius 3 is 1.91 bits per heavy atom. The molecule has 214 valence electrons. The quantitative estimate of drug-likeness (QED) is 0.144. The third-order valence-electron chi connectivity index (χ3n) is 8.68. The zero-order valence-corrected chi connectivity index (χ0v) is 23.7. The van der Waals surface area contributed by atoms with E-state index >= 15 is 0 Å². The molecule has 0 bridgehead atoms. The Labute approximate surface area is 250 Å². The molecule has 0 saturated heterocycles. The van der Waals surface area contributed by atoms with Crippen molar-refractivity contribution in [3.8, 4) is 33.8 Å². The summed E-state index contributed by atoms with van der Waals surface area (Å²) < 4.78 is 0. The van der Waals surface area contributed by atoms with Crippen molar-refractivity contribution in [1.82, 2.24) is 0 Å². The van der Waals surface area contributed by atoms with Gasteiger partial charge in [-0.3, -0.25) is 0 Å². The number of hydrogen-bond donors (Lipinski definition) is 2. The third kappa shape index (κ3) is 5.44. The van der Waals surface area contributed by atoms with Crippen molar-refractivity contribution >= 4 is 11.4 Å². The molecule has 1 saturated carbocycles. The van der Waals surface area contributed by atoms with Crippen LogP contribution in [0.4, 0.5) is 11.4 Å². The van der Waals surface area contributed by atoms with E-state index in [-0.39, 0.29) is 22.9 Å². The van der Waals surface area contributed by atoms with Crippen LogP contribution < -0.4 is 0 Å². The highest BCUT2D eigenvalue weighted by Crippen LogP contribution is 2.48. The molecule has 1 unspecified atom stereocenters. The molecule has 5 aromatic rings. The molecule has 1 atom stereocenters. The Balaban J connectivity index is 1.56. The summed E-state index contributed by atoms with van der Waals surface area (Å²) in [6.07, 6.45) is 6.11. The summed E-state index contributed by atoms with van der Waals surface area (Å²) in [6, 6.07) is 33.0. The van der Waals surface area contributed by atoms with Crippen LogP contribution in [0.1, 0.15) is 66.2 Å². The van der Waals surface area contributed by atoms with Gasteiger partial charge < -0.3 is 10.2 Å². The van der Waals surface area contributed by atoms with Gasteiger partial charge >= 0.3 is 0 Å². The zero-order chi connectivity index (χ0) is 29.8. The maximum absolute atomic E-state index is 12.6. The van der Waals surface area contributed by atoms with Crippen LogP contribution >= 0.6 is 0 Å². The van der Waals surface area contributed by atoms with Crippen molar-refractivity contribution in [3.05, 3.63) is 141 Å². The fourth-order valence-corrected chi connectivity index (χ4v) is 6.53. The molecule has 1 aliphatic carbocycles. The van der Waals surface area contributed by atoms with Crippen molar-refractivity contribution in [2.75, 3.05) is 0 Å². The predicted molar refractivity (Wildman–Crippen MR) is 171 cm³/mol. The van der Waals surface area contributed by atoms with E-state index < -0.39 is 5.92 Å². The van der Waals surface area contributed by atoms with Gasteiger partial charge in [-0.05, 0) is 57.9 Å². The Hall–Kier alpha value is -5.10. The number of nitroso groups, excluding NO2 is 2. The van der Waals surface area contributed by atoms with Crippen LogP contribution in [0.5, 0.6) is 11.5 Å². The highest BCUT2D eigenvalue weighted by Gasteiger charge is 2.28. The average molecular weight is 569 g/mol. The summed E-state index contributed by atoms with van der Waals surface area (Å²) in [6.45, 7) is 0. The Kier molecular flexibility index (Phi) is 8.09. The van der Waals surface area contributed by atoms with Gasteiger partial charge in [-0.2, -0.15) is 0 Å². The molecule has 6 nitrogen and oxygen atoms in total. The first-order valence-electron chi connectivity index (χ1n) is 14.7. The Morgan fingerprint density at radius 1 is 0.581 bits per heavy atom. The van der Waals surface area contributed by atoms with Gasteiger partial charge in [0.25, 0.3) is 0 Å². The topological polar surface area (TPSA) is 99.3 Å². The zero-order valence-electron chi connectivity index (χ0n) is 23.7. The third-order valence-corrected chi connectivity index (χ3v) is 8.68. The lowest BCUT2D eigenvalue weighted by molar-refractivity contribution is 0.443. The molecular weight excluding hydrogens is 536 g/mol. The van der Waals surface area contributed by atoms with E-state index in [1.807, 2.05) is 24.3 Å². The molecule has 0 aliphatic heterocycles. The van der Waals surface area contributed by atoms with Crippen molar-refractivity contribution in [2.45, 2.75) is 43.9 Å². The second-order valence-corrected chi connectivity index (χ2v) is 11.1. The maximum Gasteiger partial charge on any atom is 0.127 e. The number of phenols is 2. The summed E-state index contributed by atoms with van der Waals surface area (Å²) in [4.78, 5) is 24.2. The van der Waals surface area contributed by atoms with E-state index in [9.17, 15) is 20.0 Å². The molecule has 1 aliphatic rings. The van der Waals surface area contributed by atoms with Crippen molar-refractivity contribution in [3.63, 3.8) is 0 Å². The lowest BCUT2D eigenvalue weighted by atomic mass is 9.79. The van der Waals surface area contributed by atoms with Crippen LogP contribution in [-0.2, 0) is 0 Å². The van der Waals surface area contributed by atoms with E-state index in [0.717, 1.165) is 5.56 Å². The summed E-state index contributed by atoms with van der Waals surface area (Å²) in [7, 11) is 0. The standard InChI is InChI=1S/C37H32N2O4/c40-34-19-7-5-13-28(34)29-14-8-16-31(36(29)39-43)35(26-22-20-25(21-23-26)24-10-2-1-3-11-24)32-17-9-15-30(37(32)41)27-12-4-6-18-33(27)38-42/h4-9,12-24,35,40-41H,1-3,10-11H2. The molecule has 0 radical (unpaired) electrons. The first-order chi connectivity index (χ1) is 21.1.